The number of imidazole rings is 1. The predicted octanol–water partition coefficient (Wildman–Crippen LogP) is 2.20. The quantitative estimate of drug-likeness (QED) is 0.594. The van der Waals surface area contributed by atoms with Crippen LogP contribution in [0.4, 0.5) is 0 Å². The standard InChI is InChI=1S/C12H8N3/c1-2-5-10(6-3-1)11-9-15-8-4-7-13-12(15)14-11/h1-6,8-9H. The van der Waals surface area contributed by atoms with Crippen LogP contribution in [-0.2, 0) is 0 Å². The summed E-state index contributed by atoms with van der Waals surface area (Å²) in [5.74, 6) is 0.677. The highest BCUT2D eigenvalue weighted by molar-refractivity contribution is 5.60. The van der Waals surface area contributed by atoms with E-state index in [0.29, 0.717) is 5.78 Å². The van der Waals surface area contributed by atoms with Gasteiger partial charge in [-0.2, -0.15) is 0 Å². The van der Waals surface area contributed by atoms with Crippen LogP contribution in [0.1, 0.15) is 0 Å². The van der Waals surface area contributed by atoms with Gasteiger partial charge in [-0.25, -0.2) is 9.97 Å². The number of hydrogen-bond donors (Lipinski definition) is 0. The molecular formula is C12H8N3. The van der Waals surface area contributed by atoms with Crippen LogP contribution in [0.5, 0.6) is 0 Å². The molecule has 0 saturated carbocycles. The highest BCUT2D eigenvalue weighted by atomic mass is 15.1. The maximum absolute atomic E-state index is 4.40. The lowest BCUT2D eigenvalue weighted by Gasteiger charge is -1.92. The van der Waals surface area contributed by atoms with Crippen molar-refractivity contribution in [3.05, 3.63) is 55.0 Å². The molecule has 0 atom stereocenters. The second kappa shape index (κ2) is 3.20. The first-order valence-corrected chi connectivity index (χ1v) is 4.71. The molecule has 0 bridgehead atoms. The van der Waals surface area contributed by atoms with Gasteiger partial charge in [0.05, 0.1) is 11.9 Å². The van der Waals surface area contributed by atoms with E-state index in [0.717, 1.165) is 11.3 Å². The van der Waals surface area contributed by atoms with Gasteiger partial charge in [-0.1, -0.05) is 30.3 Å². The maximum Gasteiger partial charge on any atom is 0.234 e. The zero-order valence-electron chi connectivity index (χ0n) is 7.96. The molecule has 3 rings (SSSR count). The Morgan fingerprint density at radius 3 is 2.80 bits per heavy atom. The molecule has 1 radical (unpaired) electrons. The summed E-state index contributed by atoms with van der Waals surface area (Å²) in [5.41, 5.74) is 2.03. The van der Waals surface area contributed by atoms with Crippen molar-refractivity contribution < 1.29 is 0 Å². The van der Waals surface area contributed by atoms with Crippen LogP contribution in [-0.4, -0.2) is 14.4 Å². The molecule has 15 heavy (non-hydrogen) atoms. The monoisotopic (exact) mass is 194 g/mol. The van der Waals surface area contributed by atoms with E-state index in [2.05, 4.69) is 16.2 Å². The second-order valence-corrected chi connectivity index (χ2v) is 3.26. The summed E-state index contributed by atoms with van der Waals surface area (Å²) in [7, 11) is 0. The average Bonchev–Trinajstić information content (AvgIpc) is 2.74. The first-order valence-electron chi connectivity index (χ1n) is 4.71. The van der Waals surface area contributed by atoms with Crippen LogP contribution >= 0.6 is 0 Å². The van der Waals surface area contributed by atoms with Gasteiger partial charge < -0.3 is 0 Å². The van der Waals surface area contributed by atoms with E-state index in [4.69, 9.17) is 0 Å². The highest BCUT2D eigenvalue weighted by Gasteiger charge is 2.02. The van der Waals surface area contributed by atoms with Crippen molar-refractivity contribution in [3.8, 4) is 11.3 Å². The van der Waals surface area contributed by atoms with Gasteiger partial charge >= 0.3 is 0 Å². The Labute approximate surface area is 87.0 Å². The molecule has 0 aliphatic carbocycles. The average molecular weight is 194 g/mol. The molecule has 0 aliphatic rings. The molecule has 0 unspecified atom stereocenters. The Morgan fingerprint density at radius 1 is 1.13 bits per heavy atom. The molecule has 2 heterocycles. The Bertz CT molecular complexity index is 551. The number of nitrogens with zero attached hydrogens (tertiary/aromatic N) is 3. The van der Waals surface area contributed by atoms with E-state index in [9.17, 15) is 0 Å². The number of benzene rings is 1. The minimum atomic E-state index is 0.677. The van der Waals surface area contributed by atoms with Crippen LogP contribution in [0.3, 0.4) is 0 Å². The van der Waals surface area contributed by atoms with Gasteiger partial charge in [0.15, 0.2) is 0 Å². The van der Waals surface area contributed by atoms with E-state index in [1.165, 1.54) is 0 Å². The SMILES string of the molecule is [c]1ccn2cc(-c3ccccc3)nc2n1. The molecule has 0 N–H and O–H groups in total. The van der Waals surface area contributed by atoms with Crippen molar-refractivity contribution in [2.24, 2.45) is 0 Å². The van der Waals surface area contributed by atoms with Crippen molar-refractivity contribution in [1.29, 1.82) is 0 Å². The Morgan fingerprint density at radius 2 is 2.00 bits per heavy atom. The third-order valence-corrected chi connectivity index (χ3v) is 2.26. The molecule has 0 fully saturated rings. The van der Waals surface area contributed by atoms with Crippen LogP contribution in [0.15, 0.2) is 48.8 Å². The molecule has 3 heteroatoms. The topological polar surface area (TPSA) is 30.2 Å². The summed E-state index contributed by atoms with van der Waals surface area (Å²) in [4.78, 5) is 8.46. The minimum absolute atomic E-state index is 0.677. The zero-order valence-corrected chi connectivity index (χ0v) is 7.96. The normalized spacial score (nSPS) is 10.7. The number of aromatic nitrogens is 3. The third-order valence-electron chi connectivity index (χ3n) is 2.26. The smallest absolute Gasteiger partial charge is 0.234 e. The van der Waals surface area contributed by atoms with Crippen LogP contribution < -0.4 is 0 Å². The number of hydrogen-bond acceptors (Lipinski definition) is 2. The van der Waals surface area contributed by atoms with E-state index in [-0.39, 0.29) is 0 Å². The predicted molar refractivity (Wildman–Crippen MR) is 57.3 cm³/mol. The maximum atomic E-state index is 4.40. The molecule has 3 aromatic rings. The van der Waals surface area contributed by atoms with E-state index in [1.807, 2.05) is 47.1 Å². The van der Waals surface area contributed by atoms with Crippen molar-refractivity contribution in [2.45, 2.75) is 0 Å². The summed E-state index contributed by atoms with van der Waals surface area (Å²) in [5, 5.41) is 0. The summed E-state index contributed by atoms with van der Waals surface area (Å²) in [6.45, 7) is 0. The minimum Gasteiger partial charge on any atom is -0.290 e. The van der Waals surface area contributed by atoms with Gasteiger partial charge in [0.2, 0.25) is 5.78 Å². The van der Waals surface area contributed by atoms with E-state index >= 15 is 0 Å². The van der Waals surface area contributed by atoms with Crippen molar-refractivity contribution in [3.63, 3.8) is 0 Å². The van der Waals surface area contributed by atoms with E-state index in [1.54, 1.807) is 6.07 Å². The fourth-order valence-electron chi connectivity index (χ4n) is 1.53. The molecular weight excluding hydrogens is 186 g/mol. The second-order valence-electron chi connectivity index (χ2n) is 3.26. The summed E-state index contributed by atoms with van der Waals surface area (Å²) < 4.78 is 1.89. The Balaban J connectivity index is 2.21. The molecule has 0 aliphatic heterocycles. The largest absolute Gasteiger partial charge is 0.290 e. The van der Waals surface area contributed by atoms with Crippen LogP contribution in [0.2, 0.25) is 0 Å². The van der Waals surface area contributed by atoms with Crippen molar-refractivity contribution in [1.82, 2.24) is 14.4 Å². The number of fused-ring (bicyclic) bond motifs is 1. The summed E-state index contributed by atoms with van der Waals surface area (Å²) in [6.07, 6.45) is 6.62. The first-order chi connectivity index (χ1) is 7.43. The van der Waals surface area contributed by atoms with Crippen LogP contribution in [0.25, 0.3) is 17.0 Å². The summed E-state index contributed by atoms with van der Waals surface area (Å²) >= 11 is 0. The molecule has 0 spiro atoms. The van der Waals surface area contributed by atoms with Crippen molar-refractivity contribution >= 4 is 5.78 Å². The fraction of sp³-hybridized carbons (Fsp3) is 0. The van der Waals surface area contributed by atoms with Crippen molar-refractivity contribution in [2.75, 3.05) is 0 Å². The zero-order chi connectivity index (χ0) is 10.1. The number of rotatable bonds is 1. The molecule has 1 aromatic carbocycles. The molecule has 0 amide bonds. The van der Waals surface area contributed by atoms with Gasteiger partial charge in [0.1, 0.15) is 0 Å². The van der Waals surface area contributed by atoms with Gasteiger partial charge in [-0.15, -0.1) is 0 Å². The van der Waals surface area contributed by atoms with Gasteiger partial charge in [-0.3, -0.25) is 4.40 Å². The lowest BCUT2D eigenvalue weighted by atomic mass is 10.2. The first kappa shape index (κ1) is 8.17. The molecule has 0 saturated heterocycles. The molecule has 2 aromatic heterocycles. The summed E-state index contributed by atoms with van der Waals surface area (Å²) in [6, 6.07) is 11.8. The third kappa shape index (κ3) is 1.38. The van der Waals surface area contributed by atoms with E-state index < -0.39 is 0 Å². The van der Waals surface area contributed by atoms with Crippen LogP contribution in [0, 0.1) is 6.20 Å². The van der Waals surface area contributed by atoms with Gasteiger partial charge in [0, 0.05) is 18.0 Å². The highest BCUT2D eigenvalue weighted by Crippen LogP contribution is 2.17. The fourth-order valence-corrected chi connectivity index (χ4v) is 1.53. The Kier molecular flexibility index (Phi) is 1.75. The molecule has 3 nitrogen and oxygen atoms in total. The van der Waals surface area contributed by atoms with Gasteiger partial charge in [-0.05, 0) is 6.07 Å². The lowest BCUT2D eigenvalue weighted by Crippen LogP contribution is -1.83. The Hall–Kier alpha value is -2.16. The molecule has 71 valence electrons. The lowest BCUT2D eigenvalue weighted by molar-refractivity contribution is 1.10. The van der Waals surface area contributed by atoms with Gasteiger partial charge in [0.25, 0.3) is 0 Å².